The number of ether oxygens (including phenoxy) is 1. The smallest absolute Gasteiger partial charge is 0.305 e. The van der Waals surface area contributed by atoms with E-state index in [0.29, 0.717) is 10.9 Å². The third-order valence-corrected chi connectivity index (χ3v) is 4.54. The summed E-state index contributed by atoms with van der Waals surface area (Å²) in [5, 5.41) is 11.1. The van der Waals surface area contributed by atoms with Crippen molar-refractivity contribution < 1.29 is 19.4 Å². The molecule has 1 aromatic heterocycles. The van der Waals surface area contributed by atoms with Gasteiger partial charge in [-0.1, -0.05) is 36.4 Å². The Hall–Kier alpha value is -3.41. The van der Waals surface area contributed by atoms with Crippen molar-refractivity contribution in [1.82, 2.24) is 4.57 Å². The number of hydrogen-bond donors (Lipinski definition) is 1. The van der Waals surface area contributed by atoms with Crippen LogP contribution in [0.5, 0.6) is 5.75 Å². The van der Waals surface area contributed by atoms with Crippen LogP contribution >= 0.6 is 0 Å². The lowest BCUT2D eigenvalue weighted by atomic mass is 9.99. The number of aryl methyl sites for hydroxylation is 1. The minimum absolute atomic E-state index is 0.153. The molecule has 138 valence electrons. The zero-order valence-electron chi connectivity index (χ0n) is 15.1. The van der Waals surface area contributed by atoms with Crippen LogP contribution in [0.15, 0.2) is 53.3 Å². The van der Waals surface area contributed by atoms with Crippen LogP contribution in [-0.4, -0.2) is 28.5 Å². The maximum Gasteiger partial charge on any atom is 0.305 e. The van der Waals surface area contributed by atoms with Gasteiger partial charge in [0, 0.05) is 18.9 Å². The van der Waals surface area contributed by atoms with Crippen molar-refractivity contribution in [3.63, 3.8) is 0 Å². The molecule has 6 nitrogen and oxygen atoms in total. The Morgan fingerprint density at radius 2 is 1.74 bits per heavy atom. The van der Waals surface area contributed by atoms with E-state index in [1.54, 1.807) is 19.2 Å². The summed E-state index contributed by atoms with van der Waals surface area (Å²) < 4.78 is 5.85. The standard InChI is InChI=1S/C21H19NO5/c1-22-16-9-8-14(13-6-4-3-5-7-13)12-15(16)20(25)19(21(22)26)17(23)10-11-18(24)27-2/h3-9,12,25H,10-11H2,1-2H3. The van der Waals surface area contributed by atoms with Gasteiger partial charge in [-0.15, -0.1) is 0 Å². The average Bonchev–Trinajstić information content (AvgIpc) is 2.70. The number of nitrogens with zero attached hydrogens (tertiary/aromatic N) is 1. The number of hydrogen-bond acceptors (Lipinski definition) is 5. The molecule has 3 rings (SSSR count). The van der Waals surface area contributed by atoms with Crippen molar-refractivity contribution >= 4 is 22.7 Å². The molecule has 0 amide bonds. The molecule has 0 bridgehead atoms. The lowest BCUT2D eigenvalue weighted by molar-refractivity contribution is -0.140. The second kappa shape index (κ2) is 7.45. The van der Waals surface area contributed by atoms with Gasteiger partial charge in [0.05, 0.1) is 19.0 Å². The fraction of sp³-hybridized carbons (Fsp3) is 0.190. The van der Waals surface area contributed by atoms with E-state index in [1.165, 1.54) is 11.7 Å². The van der Waals surface area contributed by atoms with Gasteiger partial charge >= 0.3 is 5.97 Å². The van der Waals surface area contributed by atoms with E-state index in [2.05, 4.69) is 4.74 Å². The number of rotatable bonds is 5. The van der Waals surface area contributed by atoms with Gasteiger partial charge in [-0.25, -0.2) is 0 Å². The van der Waals surface area contributed by atoms with Crippen LogP contribution in [0, 0.1) is 0 Å². The molecule has 0 saturated carbocycles. The van der Waals surface area contributed by atoms with Crippen molar-refractivity contribution in [3.8, 4) is 16.9 Å². The molecule has 0 aliphatic carbocycles. The van der Waals surface area contributed by atoms with Crippen molar-refractivity contribution in [2.75, 3.05) is 7.11 Å². The first-order valence-corrected chi connectivity index (χ1v) is 8.45. The summed E-state index contributed by atoms with van der Waals surface area (Å²) in [5.41, 5.74) is 1.42. The van der Waals surface area contributed by atoms with Gasteiger partial charge in [0.25, 0.3) is 5.56 Å². The van der Waals surface area contributed by atoms with Crippen LogP contribution in [0.4, 0.5) is 0 Å². The zero-order chi connectivity index (χ0) is 19.6. The summed E-state index contributed by atoms with van der Waals surface area (Å²) in [6, 6.07) is 14.9. The van der Waals surface area contributed by atoms with Crippen LogP contribution in [0.2, 0.25) is 0 Å². The molecule has 0 spiro atoms. The number of ketones is 1. The Labute approximate surface area is 155 Å². The van der Waals surface area contributed by atoms with E-state index in [0.717, 1.165) is 11.1 Å². The molecule has 0 radical (unpaired) electrons. The number of aromatic hydroxyl groups is 1. The van der Waals surface area contributed by atoms with Gasteiger partial charge in [0.15, 0.2) is 5.78 Å². The number of esters is 1. The highest BCUT2D eigenvalue weighted by Crippen LogP contribution is 2.31. The van der Waals surface area contributed by atoms with E-state index in [4.69, 9.17) is 0 Å². The Morgan fingerprint density at radius 1 is 1.04 bits per heavy atom. The van der Waals surface area contributed by atoms with Crippen molar-refractivity contribution in [2.24, 2.45) is 7.05 Å². The maximum absolute atomic E-state index is 12.6. The minimum Gasteiger partial charge on any atom is -0.506 e. The number of pyridine rings is 1. The van der Waals surface area contributed by atoms with Gasteiger partial charge in [0.2, 0.25) is 0 Å². The molecule has 27 heavy (non-hydrogen) atoms. The van der Waals surface area contributed by atoms with E-state index in [1.807, 2.05) is 36.4 Å². The summed E-state index contributed by atoms with van der Waals surface area (Å²) >= 11 is 0. The van der Waals surface area contributed by atoms with Gasteiger partial charge < -0.3 is 14.4 Å². The number of Topliss-reactive ketones (excluding diaryl/α,β-unsaturated/α-hetero) is 1. The van der Waals surface area contributed by atoms with Crippen LogP contribution in [0.25, 0.3) is 22.0 Å². The third-order valence-electron chi connectivity index (χ3n) is 4.54. The molecule has 1 heterocycles. The third kappa shape index (κ3) is 3.46. The quantitative estimate of drug-likeness (QED) is 0.555. The molecule has 1 N–H and O–H groups in total. The molecule has 0 saturated heterocycles. The summed E-state index contributed by atoms with van der Waals surface area (Å²) in [4.78, 5) is 36.3. The number of carbonyl (C=O) groups is 2. The van der Waals surface area contributed by atoms with Crippen molar-refractivity contribution in [3.05, 3.63) is 64.4 Å². The summed E-state index contributed by atoms with van der Waals surface area (Å²) in [5.74, 6) is -1.50. The Morgan fingerprint density at radius 3 is 2.41 bits per heavy atom. The van der Waals surface area contributed by atoms with Crippen LogP contribution in [0.1, 0.15) is 23.2 Å². The highest BCUT2D eigenvalue weighted by molar-refractivity contribution is 6.04. The monoisotopic (exact) mass is 365 g/mol. The van der Waals surface area contributed by atoms with E-state index >= 15 is 0 Å². The molecule has 2 aromatic carbocycles. The Kier molecular flexibility index (Phi) is 5.07. The summed E-state index contributed by atoms with van der Waals surface area (Å²) in [7, 11) is 2.77. The first kappa shape index (κ1) is 18.4. The first-order valence-electron chi connectivity index (χ1n) is 8.45. The molecule has 0 aliphatic heterocycles. The lowest BCUT2D eigenvalue weighted by Gasteiger charge is -2.12. The second-order valence-electron chi connectivity index (χ2n) is 6.19. The molecule has 3 aromatic rings. The number of fused-ring (bicyclic) bond motifs is 1. The predicted octanol–water partition coefficient (Wildman–Crippen LogP) is 3.05. The Balaban J connectivity index is 2.13. The SMILES string of the molecule is COC(=O)CCC(=O)c1c(O)c2cc(-c3ccccc3)ccc2n(C)c1=O. The van der Waals surface area contributed by atoms with Gasteiger partial charge in [-0.05, 0) is 23.3 Å². The van der Waals surface area contributed by atoms with Gasteiger partial charge in [-0.2, -0.15) is 0 Å². The normalized spacial score (nSPS) is 10.7. The number of carbonyl (C=O) groups excluding carboxylic acids is 2. The van der Waals surface area contributed by atoms with Crippen LogP contribution in [0.3, 0.4) is 0 Å². The predicted molar refractivity (Wildman–Crippen MR) is 102 cm³/mol. The fourth-order valence-corrected chi connectivity index (χ4v) is 3.04. The summed E-state index contributed by atoms with van der Waals surface area (Å²) in [6.07, 6.45) is -0.362. The molecule has 0 aliphatic rings. The first-order chi connectivity index (χ1) is 12.9. The number of methoxy groups -OCH3 is 1. The highest BCUT2D eigenvalue weighted by atomic mass is 16.5. The molecule has 0 atom stereocenters. The summed E-state index contributed by atoms with van der Waals surface area (Å²) in [6.45, 7) is 0. The van der Waals surface area contributed by atoms with Gasteiger partial charge in [0.1, 0.15) is 11.3 Å². The topological polar surface area (TPSA) is 85.6 Å². The largest absolute Gasteiger partial charge is 0.506 e. The average molecular weight is 365 g/mol. The molecular weight excluding hydrogens is 346 g/mol. The van der Waals surface area contributed by atoms with E-state index in [9.17, 15) is 19.5 Å². The lowest BCUT2D eigenvalue weighted by Crippen LogP contribution is -2.25. The fourth-order valence-electron chi connectivity index (χ4n) is 3.04. The zero-order valence-corrected chi connectivity index (χ0v) is 15.1. The number of benzene rings is 2. The molecule has 0 fully saturated rings. The molecule has 0 unspecified atom stereocenters. The number of aromatic nitrogens is 1. The molecule has 6 heteroatoms. The van der Waals surface area contributed by atoms with Crippen LogP contribution in [-0.2, 0) is 16.6 Å². The van der Waals surface area contributed by atoms with E-state index in [-0.39, 0.29) is 24.2 Å². The maximum atomic E-state index is 12.6. The second-order valence-corrected chi connectivity index (χ2v) is 6.19. The minimum atomic E-state index is -0.595. The molecular formula is C21H19NO5. The van der Waals surface area contributed by atoms with Crippen molar-refractivity contribution in [2.45, 2.75) is 12.8 Å². The van der Waals surface area contributed by atoms with Crippen LogP contribution < -0.4 is 5.56 Å². The van der Waals surface area contributed by atoms with Gasteiger partial charge in [-0.3, -0.25) is 14.4 Å². The Bertz CT molecular complexity index is 1080. The highest BCUT2D eigenvalue weighted by Gasteiger charge is 2.22. The van der Waals surface area contributed by atoms with E-state index < -0.39 is 17.3 Å². The van der Waals surface area contributed by atoms with Crippen molar-refractivity contribution in [1.29, 1.82) is 0 Å².